The second-order valence-corrected chi connectivity index (χ2v) is 3.22. The number of hydrogen-bond acceptors (Lipinski definition) is 7. The Labute approximate surface area is 97.3 Å². The zero-order valence-corrected chi connectivity index (χ0v) is 9.05. The fraction of sp³-hybridized carbons (Fsp3) is 0.100. The van der Waals surface area contributed by atoms with Gasteiger partial charge in [-0.05, 0) is 19.1 Å². The van der Waals surface area contributed by atoms with E-state index in [0.717, 1.165) is 0 Å². The fourth-order valence-corrected chi connectivity index (χ4v) is 1.35. The van der Waals surface area contributed by atoms with Crippen molar-refractivity contribution in [2.75, 3.05) is 5.43 Å². The van der Waals surface area contributed by atoms with Gasteiger partial charge in [0.05, 0.1) is 5.69 Å². The smallest absolute Gasteiger partial charge is 0.182 e. The molecule has 17 heavy (non-hydrogen) atoms. The molecule has 7 nitrogen and oxygen atoms in total. The molecule has 2 aromatic rings. The molecule has 0 radical (unpaired) electrons. The van der Waals surface area contributed by atoms with E-state index < -0.39 is 0 Å². The third-order valence-electron chi connectivity index (χ3n) is 2.14. The fourth-order valence-electron chi connectivity index (χ4n) is 1.35. The Morgan fingerprint density at radius 1 is 1.41 bits per heavy atom. The van der Waals surface area contributed by atoms with Crippen LogP contribution in [0.2, 0.25) is 0 Å². The SMILES string of the molecule is Cc1nc(-c2cccnn2)nc(NN)c1C#N. The summed E-state index contributed by atoms with van der Waals surface area (Å²) in [7, 11) is 0. The van der Waals surface area contributed by atoms with Crippen molar-refractivity contribution in [1.29, 1.82) is 5.26 Å². The van der Waals surface area contributed by atoms with Crippen LogP contribution < -0.4 is 11.3 Å². The third kappa shape index (κ3) is 2.02. The van der Waals surface area contributed by atoms with Crippen molar-refractivity contribution in [2.45, 2.75) is 6.92 Å². The molecule has 0 aliphatic heterocycles. The van der Waals surface area contributed by atoms with Gasteiger partial charge in [0, 0.05) is 6.20 Å². The van der Waals surface area contributed by atoms with Gasteiger partial charge in [-0.1, -0.05) is 0 Å². The van der Waals surface area contributed by atoms with Gasteiger partial charge in [0.2, 0.25) is 0 Å². The molecular weight excluding hydrogens is 218 g/mol. The number of aryl methyl sites for hydroxylation is 1. The van der Waals surface area contributed by atoms with E-state index in [1.165, 1.54) is 0 Å². The number of hydrazine groups is 1. The van der Waals surface area contributed by atoms with Gasteiger partial charge in [-0.2, -0.15) is 10.4 Å². The minimum Gasteiger partial charge on any atom is -0.307 e. The molecule has 0 aliphatic carbocycles. The van der Waals surface area contributed by atoms with Crippen LogP contribution in [0.4, 0.5) is 5.82 Å². The van der Waals surface area contributed by atoms with E-state index in [4.69, 9.17) is 11.1 Å². The lowest BCUT2D eigenvalue weighted by Gasteiger charge is -2.06. The summed E-state index contributed by atoms with van der Waals surface area (Å²) in [6.45, 7) is 1.71. The number of nitrogens with two attached hydrogens (primary N) is 1. The quantitative estimate of drug-likeness (QED) is 0.563. The number of hydrogen-bond donors (Lipinski definition) is 2. The first-order chi connectivity index (χ1) is 8.26. The van der Waals surface area contributed by atoms with E-state index in [1.807, 2.05) is 6.07 Å². The van der Waals surface area contributed by atoms with Crippen LogP contribution in [0.5, 0.6) is 0 Å². The molecular formula is C10H9N7. The van der Waals surface area contributed by atoms with E-state index in [0.29, 0.717) is 22.8 Å². The number of nitrogens with zero attached hydrogens (tertiary/aromatic N) is 5. The van der Waals surface area contributed by atoms with Gasteiger partial charge >= 0.3 is 0 Å². The number of nitriles is 1. The normalized spacial score (nSPS) is 9.71. The van der Waals surface area contributed by atoms with Crippen molar-refractivity contribution < 1.29 is 0 Å². The number of nitrogen functional groups attached to an aromatic ring is 1. The minimum atomic E-state index is 0.278. The third-order valence-corrected chi connectivity index (χ3v) is 2.14. The zero-order chi connectivity index (χ0) is 12.3. The summed E-state index contributed by atoms with van der Waals surface area (Å²) in [5.74, 6) is 5.97. The van der Waals surface area contributed by atoms with Gasteiger partial charge in [0.1, 0.15) is 17.3 Å². The van der Waals surface area contributed by atoms with E-state index >= 15 is 0 Å². The second kappa shape index (κ2) is 4.51. The maximum absolute atomic E-state index is 8.94. The van der Waals surface area contributed by atoms with Gasteiger partial charge in [-0.3, -0.25) is 0 Å². The van der Waals surface area contributed by atoms with E-state index in [9.17, 15) is 0 Å². The number of rotatable bonds is 2. The first-order valence-corrected chi connectivity index (χ1v) is 4.79. The predicted molar refractivity (Wildman–Crippen MR) is 60.3 cm³/mol. The molecule has 2 aromatic heterocycles. The highest BCUT2D eigenvalue weighted by atomic mass is 15.3. The van der Waals surface area contributed by atoms with Crippen molar-refractivity contribution in [1.82, 2.24) is 20.2 Å². The highest BCUT2D eigenvalue weighted by Gasteiger charge is 2.12. The number of aromatic nitrogens is 4. The highest BCUT2D eigenvalue weighted by Crippen LogP contribution is 2.18. The molecule has 3 N–H and O–H groups in total. The Balaban J connectivity index is 2.59. The van der Waals surface area contributed by atoms with Gasteiger partial charge < -0.3 is 5.43 Å². The summed E-state index contributed by atoms with van der Waals surface area (Å²) in [6.07, 6.45) is 1.56. The molecule has 7 heteroatoms. The average molecular weight is 227 g/mol. The monoisotopic (exact) mass is 227 g/mol. The first kappa shape index (κ1) is 10.9. The van der Waals surface area contributed by atoms with Crippen LogP contribution in [0.3, 0.4) is 0 Å². The highest BCUT2D eigenvalue weighted by molar-refractivity contribution is 5.59. The number of anilines is 1. The van der Waals surface area contributed by atoms with Crippen molar-refractivity contribution in [2.24, 2.45) is 5.84 Å². The maximum atomic E-state index is 8.94. The van der Waals surface area contributed by atoms with E-state index in [-0.39, 0.29) is 5.82 Å². The molecule has 0 saturated carbocycles. The van der Waals surface area contributed by atoms with E-state index in [1.54, 1.807) is 25.3 Å². The lowest BCUT2D eigenvalue weighted by Crippen LogP contribution is -2.13. The Morgan fingerprint density at radius 3 is 2.82 bits per heavy atom. The molecule has 0 bridgehead atoms. The van der Waals surface area contributed by atoms with Crippen molar-refractivity contribution in [3.05, 3.63) is 29.6 Å². The molecule has 0 saturated heterocycles. The Morgan fingerprint density at radius 2 is 2.24 bits per heavy atom. The molecule has 0 aliphatic rings. The predicted octanol–water partition coefficient (Wildman–Crippen LogP) is 0.399. The van der Waals surface area contributed by atoms with Gasteiger partial charge in [-0.15, -0.1) is 5.10 Å². The van der Waals surface area contributed by atoms with Crippen LogP contribution in [0.1, 0.15) is 11.3 Å². The molecule has 0 atom stereocenters. The van der Waals surface area contributed by atoms with Crippen molar-refractivity contribution >= 4 is 5.82 Å². The summed E-state index contributed by atoms with van der Waals surface area (Å²) in [4.78, 5) is 8.31. The summed E-state index contributed by atoms with van der Waals surface area (Å²) < 4.78 is 0. The maximum Gasteiger partial charge on any atom is 0.182 e. The van der Waals surface area contributed by atoms with Crippen molar-refractivity contribution in [3.8, 4) is 17.6 Å². The molecule has 0 fully saturated rings. The molecule has 0 amide bonds. The van der Waals surface area contributed by atoms with Gasteiger partial charge in [0.25, 0.3) is 0 Å². The summed E-state index contributed by atoms with van der Waals surface area (Å²) in [6, 6.07) is 5.45. The largest absolute Gasteiger partial charge is 0.307 e. The van der Waals surface area contributed by atoms with Crippen LogP contribution in [0.15, 0.2) is 18.3 Å². The molecule has 0 spiro atoms. The molecule has 2 heterocycles. The zero-order valence-electron chi connectivity index (χ0n) is 9.05. The molecule has 0 aromatic carbocycles. The summed E-state index contributed by atoms with van der Waals surface area (Å²) >= 11 is 0. The number of nitrogens with one attached hydrogen (secondary N) is 1. The Kier molecular flexibility index (Phi) is 2.89. The topological polar surface area (TPSA) is 113 Å². The van der Waals surface area contributed by atoms with Crippen molar-refractivity contribution in [3.63, 3.8) is 0 Å². The Bertz CT molecular complexity index is 573. The summed E-state index contributed by atoms with van der Waals surface area (Å²) in [5.41, 5.74) is 3.76. The standard InChI is InChI=1S/C10H9N7/c1-6-7(5-11)9(16-12)15-10(14-6)8-3-2-4-13-17-8/h2-4H,12H2,1H3,(H,14,15,16). The minimum absolute atomic E-state index is 0.278. The van der Waals surface area contributed by atoms with E-state index in [2.05, 4.69) is 25.6 Å². The average Bonchev–Trinajstić information content (AvgIpc) is 2.38. The van der Waals surface area contributed by atoms with Gasteiger partial charge in [0.15, 0.2) is 11.6 Å². The van der Waals surface area contributed by atoms with Crippen LogP contribution in [-0.4, -0.2) is 20.2 Å². The lowest BCUT2D eigenvalue weighted by atomic mass is 10.2. The lowest BCUT2D eigenvalue weighted by molar-refractivity contribution is 0.996. The molecule has 84 valence electrons. The first-order valence-electron chi connectivity index (χ1n) is 4.79. The molecule has 0 unspecified atom stereocenters. The van der Waals surface area contributed by atoms with Crippen LogP contribution in [-0.2, 0) is 0 Å². The van der Waals surface area contributed by atoms with Crippen LogP contribution >= 0.6 is 0 Å². The Hall–Kier alpha value is -2.59. The second-order valence-electron chi connectivity index (χ2n) is 3.22. The van der Waals surface area contributed by atoms with Crippen LogP contribution in [0, 0.1) is 18.3 Å². The summed E-state index contributed by atoms with van der Waals surface area (Å²) in [5, 5.41) is 16.6. The molecule has 2 rings (SSSR count). The van der Waals surface area contributed by atoms with Gasteiger partial charge in [-0.25, -0.2) is 15.8 Å². The van der Waals surface area contributed by atoms with Crippen LogP contribution in [0.25, 0.3) is 11.5 Å².